The Balaban J connectivity index is 1.97. The Morgan fingerprint density at radius 1 is 1.35 bits per heavy atom. The first-order valence-corrected chi connectivity index (χ1v) is 6.60. The van der Waals surface area contributed by atoms with Crippen molar-refractivity contribution in [3.8, 4) is 0 Å². The molecular formula is C10H16F2N4S. The number of halogens is 2. The molecule has 0 bridgehead atoms. The van der Waals surface area contributed by atoms with E-state index in [1.165, 1.54) is 12.8 Å². The highest BCUT2D eigenvalue weighted by Crippen LogP contribution is 2.31. The molecule has 1 heterocycles. The molecule has 7 heteroatoms. The van der Waals surface area contributed by atoms with Gasteiger partial charge in [0.05, 0.1) is 0 Å². The maximum absolute atomic E-state index is 12.4. The van der Waals surface area contributed by atoms with Crippen LogP contribution >= 0.6 is 11.3 Å². The zero-order valence-electron chi connectivity index (χ0n) is 9.40. The number of anilines is 1. The molecule has 0 saturated heterocycles. The van der Waals surface area contributed by atoms with Crippen molar-refractivity contribution >= 4 is 16.5 Å². The van der Waals surface area contributed by atoms with Gasteiger partial charge >= 0.3 is 0 Å². The van der Waals surface area contributed by atoms with Crippen LogP contribution in [0.15, 0.2) is 0 Å². The van der Waals surface area contributed by atoms with Gasteiger partial charge in [0.25, 0.3) is 6.43 Å². The number of nitrogens with one attached hydrogen (secondary N) is 1. The van der Waals surface area contributed by atoms with Crippen LogP contribution in [0.4, 0.5) is 13.9 Å². The van der Waals surface area contributed by atoms with E-state index in [1.807, 2.05) is 0 Å². The normalized spacial score (nSPS) is 18.8. The monoisotopic (exact) mass is 262 g/mol. The van der Waals surface area contributed by atoms with Crippen LogP contribution in [0.3, 0.4) is 0 Å². The van der Waals surface area contributed by atoms with E-state index in [0.717, 1.165) is 24.2 Å². The number of nitrogens with two attached hydrogens (primary N) is 1. The number of hydrogen-bond acceptors (Lipinski definition) is 5. The minimum absolute atomic E-state index is 0.121. The molecule has 0 radical (unpaired) electrons. The van der Waals surface area contributed by atoms with Gasteiger partial charge < -0.3 is 11.1 Å². The molecule has 0 aromatic carbocycles. The van der Waals surface area contributed by atoms with Crippen LogP contribution in [0.2, 0.25) is 0 Å². The number of rotatable bonds is 5. The zero-order chi connectivity index (χ0) is 12.3. The van der Waals surface area contributed by atoms with Gasteiger partial charge in [-0.2, -0.15) is 0 Å². The first-order valence-electron chi connectivity index (χ1n) is 5.79. The van der Waals surface area contributed by atoms with E-state index in [-0.39, 0.29) is 11.0 Å². The van der Waals surface area contributed by atoms with E-state index in [2.05, 4.69) is 15.5 Å². The van der Waals surface area contributed by atoms with Crippen molar-refractivity contribution in [3.05, 3.63) is 5.01 Å². The molecular weight excluding hydrogens is 246 g/mol. The van der Waals surface area contributed by atoms with Crippen molar-refractivity contribution in [1.82, 2.24) is 10.2 Å². The average molecular weight is 262 g/mol. The number of aromatic nitrogens is 2. The fourth-order valence-electron chi connectivity index (χ4n) is 2.27. The fraction of sp³-hybridized carbons (Fsp3) is 0.800. The van der Waals surface area contributed by atoms with Crippen LogP contribution in [-0.4, -0.2) is 22.8 Å². The summed E-state index contributed by atoms with van der Waals surface area (Å²) < 4.78 is 24.7. The molecule has 1 aliphatic carbocycles. The highest BCUT2D eigenvalue weighted by molar-refractivity contribution is 7.15. The van der Waals surface area contributed by atoms with Gasteiger partial charge in [0.1, 0.15) is 0 Å². The predicted octanol–water partition coefficient (Wildman–Crippen LogP) is 2.41. The second-order valence-electron chi connectivity index (χ2n) is 4.28. The Morgan fingerprint density at radius 2 is 2.06 bits per heavy atom. The van der Waals surface area contributed by atoms with Crippen LogP contribution in [0, 0.1) is 5.92 Å². The van der Waals surface area contributed by atoms with E-state index in [0.29, 0.717) is 17.6 Å². The van der Waals surface area contributed by atoms with Crippen LogP contribution < -0.4 is 11.1 Å². The molecule has 96 valence electrons. The summed E-state index contributed by atoms with van der Waals surface area (Å²) in [6.07, 6.45) is 2.19. The molecule has 1 saturated carbocycles. The number of nitrogens with zero attached hydrogens (tertiary/aromatic N) is 2. The lowest BCUT2D eigenvalue weighted by molar-refractivity contribution is 0.150. The van der Waals surface area contributed by atoms with E-state index >= 15 is 0 Å². The first kappa shape index (κ1) is 12.6. The van der Waals surface area contributed by atoms with Gasteiger partial charge in [-0.05, 0) is 18.8 Å². The Kier molecular flexibility index (Phi) is 4.22. The summed E-state index contributed by atoms with van der Waals surface area (Å²) in [5.41, 5.74) is 5.71. The second-order valence-corrected chi connectivity index (χ2v) is 5.29. The van der Waals surface area contributed by atoms with Gasteiger partial charge in [-0.1, -0.05) is 24.2 Å². The molecule has 1 aliphatic rings. The standard InChI is InChI=1S/C10H16F2N4S/c11-8(12)9-15-16-10(17-9)14-7(5-13)6-3-1-2-4-6/h6-8H,1-5,13H2,(H,14,16). The summed E-state index contributed by atoms with van der Waals surface area (Å²) in [4.78, 5) is 0. The molecule has 4 nitrogen and oxygen atoms in total. The van der Waals surface area contributed by atoms with Gasteiger partial charge in [-0.25, -0.2) is 8.78 Å². The lowest BCUT2D eigenvalue weighted by Gasteiger charge is -2.22. The third kappa shape index (κ3) is 3.10. The summed E-state index contributed by atoms with van der Waals surface area (Å²) >= 11 is 0.905. The largest absolute Gasteiger partial charge is 0.356 e. The van der Waals surface area contributed by atoms with Crippen molar-refractivity contribution in [2.45, 2.75) is 38.2 Å². The molecule has 0 amide bonds. The van der Waals surface area contributed by atoms with Gasteiger partial charge in [-0.3, -0.25) is 0 Å². The second kappa shape index (κ2) is 5.68. The summed E-state index contributed by atoms with van der Waals surface area (Å²) in [7, 11) is 0. The van der Waals surface area contributed by atoms with E-state index in [1.54, 1.807) is 0 Å². The van der Waals surface area contributed by atoms with Crippen LogP contribution in [0.5, 0.6) is 0 Å². The molecule has 17 heavy (non-hydrogen) atoms. The van der Waals surface area contributed by atoms with Crippen LogP contribution in [-0.2, 0) is 0 Å². The van der Waals surface area contributed by atoms with Gasteiger partial charge in [-0.15, -0.1) is 10.2 Å². The minimum Gasteiger partial charge on any atom is -0.356 e. The summed E-state index contributed by atoms with van der Waals surface area (Å²) in [6.45, 7) is 0.494. The highest BCUT2D eigenvalue weighted by Gasteiger charge is 2.25. The highest BCUT2D eigenvalue weighted by atomic mass is 32.1. The van der Waals surface area contributed by atoms with Crippen molar-refractivity contribution in [2.75, 3.05) is 11.9 Å². The summed E-state index contributed by atoms with van der Waals surface area (Å²) in [5.74, 6) is 0.527. The lowest BCUT2D eigenvalue weighted by Crippen LogP contribution is -2.35. The third-order valence-electron chi connectivity index (χ3n) is 3.16. The molecule has 1 aromatic rings. The molecule has 1 atom stereocenters. The Morgan fingerprint density at radius 3 is 2.59 bits per heavy atom. The maximum Gasteiger partial charge on any atom is 0.291 e. The summed E-state index contributed by atoms with van der Waals surface area (Å²) in [6, 6.07) is 0.121. The van der Waals surface area contributed by atoms with E-state index in [4.69, 9.17) is 5.73 Å². The Bertz CT molecular complexity index is 352. The van der Waals surface area contributed by atoms with Gasteiger partial charge in [0, 0.05) is 12.6 Å². The third-order valence-corrected chi connectivity index (χ3v) is 4.02. The average Bonchev–Trinajstić information content (AvgIpc) is 2.96. The minimum atomic E-state index is -2.55. The van der Waals surface area contributed by atoms with Crippen molar-refractivity contribution in [3.63, 3.8) is 0 Å². The fourth-order valence-corrected chi connectivity index (χ4v) is 2.93. The van der Waals surface area contributed by atoms with Crippen molar-refractivity contribution in [1.29, 1.82) is 0 Å². The quantitative estimate of drug-likeness (QED) is 0.855. The van der Waals surface area contributed by atoms with E-state index < -0.39 is 6.43 Å². The molecule has 2 rings (SSSR count). The number of alkyl halides is 2. The smallest absolute Gasteiger partial charge is 0.291 e. The summed E-state index contributed by atoms with van der Waals surface area (Å²) in [5, 5.41) is 10.5. The lowest BCUT2D eigenvalue weighted by atomic mass is 9.98. The Hall–Kier alpha value is -0.820. The molecule has 1 unspecified atom stereocenters. The van der Waals surface area contributed by atoms with E-state index in [9.17, 15) is 8.78 Å². The predicted molar refractivity (Wildman–Crippen MR) is 63.3 cm³/mol. The van der Waals surface area contributed by atoms with Crippen molar-refractivity contribution in [2.24, 2.45) is 11.7 Å². The molecule has 1 fully saturated rings. The number of hydrogen-bond donors (Lipinski definition) is 2. The SMILES string of the molecule is NCC(Nc1nnc(C(F)F)s1)C1CCCC1. The van der Waals surface area contributed by atoms with Crippen molar-refractivity contribution < 1.29 is 8.78 Å². The molecule has 1 aromatic heterocycles. The maximum atomic E-state index is 12.4. The van der Waals surface area contributed by atoms with Crippen LogP contribution in [0.25, 0.3) is 0 Å². The molecule has 0 spiro atoms. The molecule has 3 N–H and O–H groups in total. The van der Waals surface area contributed by atoms with Gasteiger partial charge in [0.2, 0.25) is 5.13 Å². The van der Waals surface area contributed by atoms with Crippen LogP contribution in [0.1, 0.15) is 37.1 Å². The Labute approximate surface area is 103 Å². The first-order chi connectivity index (χ1) is 8.20. The molecule has 0 aliphatic heterocycles. The zero-order valence-corrected chi connectivity index (χ0v) is 10.2. The topological polar surface area (TPSA) is 63.8 Å². The van der Waals surface area contributed by atoms with Gasteiger partial charge in [0.15, 0.2) is 5.01 Å².